The normalized spacial score (nSPS) is 35.3. The van der Waals surface area contributed by atoms with E-state index in [1.54, 1.807) is 7.11 Å². The van der Waals surface area contributed by atoms with E-state index in [0.717, 1.165) is 28.6 Å². The molecular formula is C27H31N3O5. The lowest BCUT2D eigenvalue weighted by Gasteiger charge is -2.65. The highest BCUT2D eigenvalue weighted by Gasteiger charge is 2.76. The molecule has 4 atom stereocenters. The maximum atomic E-state index is 14.2. The minimum atomic E-state index is -1.22. The molecule has 4 saturated heterocycles. The average Bonchev–Trinajstić information content (AvgIpc) is 3.36. The lowest BCUT2D eigenvalue weighted by molar-refractivity contribution is -0.193. The molecule has 2 amide bonds. The largest absolute Gasteiger partial charge is 0.483 e. The van der Waals surface area contributed by atoms with Crippen molar-refractivity contribution in [3.63, 3.8) is 0 Å². The second kappa shape index (κ2) is 6.03. The zero-order valence-electron chi connectivity index (χ0n) is 20.8. The monoisotopic (exact) mass is 477 g/mol. The zero-order valence-corrected chi connectivity index (χ0v) is 20.8. The number of aromatic nitrogens is 1. The highest BCUT2D eigenvalue weighted by Crippen LogP contribution is 2.63. The van der Waals surface area contributed by atoms with Gasteiger partial charge in [-0.05, 0) is 57.4 Å². The van der Waals surface area contributed by atoms with Gasteiger partial charge in [0.15, 0.2) is 5.54 Å². The molecule has 5 aliphatic heterocycles. The summed E-state index contributed by atoms with van der Waals surface area (Å²) in [6.45, 7) is 8.73. The molecule has 35 heavy (non-hydrogen) atoms. The van der Waals surface area contributed by atoms with Gasteiger partial charge in [0.05, 0.1) is 11.2 Å². The molecule has 184 valence electrons. The van der Waals surface area contributed by atoms with Crippen molar-refractivity contribution in [2.24, 2.45) is 5.92 Å². The van der Waals surface area contributed by atoms with Crippen LogP contribution in [0.3, 0.4) is 0 Å². The van der Waals surface area contributed by atoms with Crippen LogP contribution < -0.4 is 10.1 Å². The number of carbonyl (C=O) groups is 2. The van der Waals surface area contributed by atoms with Crippen molar-refractivity contribution in [2.45, 2.75) is 75.2 Å². The molecule has 8 nitrogen and oxygen atoms in total. The quantitative estimate of drug-likeness (QED) is 0.615. The van der Waals surface area contributed by atoms with Crippen LogP contribution in [-0.4, -0.2) is 57.0 Å². The van der Waals surface area contributed by atoms with Crippen molar-refractivity contribution >= 4 is 28.8 Å². The number of nitrogens with one attached hydrogen (secondary N) is 1. The first-order valence-electron chi connectivity index (χ1n) is 12.5. The Hall–Kier alpha value is -3.00. The third kappa shape index (κ3) is 2.15. The Kier molecular flexibility index (Phi) is 3.67. The molecule has 2 N–H and O–H groups in total. The summed E-state index contributed by atoms with van der Waals surface area (Å²) in [6, 6.07) is 3.85. The fourth-order valence-electron chi connectivity index (χ4n) is 8.04. The summed E-state index contributed by atoms with van der Waals surface area (Å²) in [4.78, 5) is 29.5. The first-order valence-corrected chi connectivity index (χ1v) is 12.5. The molecule has 1 aliphatic carbocycles. The molecule has 0 saturated carbocycles. The fourth-order valence-corrected chi connectivity index (χ4v) is 8.04. The first-order chi connectivity index (χ1) is 16.5. The van der Waals surface area contributed by atoms with E-state index >= 15 is 0 Å². The molecule has 6 aliphatic rings. The van der Waals surface area contributed by atoms with Crippen molar-refractivity contribution in [2.75, 3.05) is 13.7 Å². The highest BCUT2D eigenvalue weighted by molar-refractivity contribution is 6.07. The number of nitrogens with zero attached hydrogens (tertiary/aromatic N) is 2. The summed E-state index contributed by atoms with van der Waals surface area (Å²) in [5.41, 5.74) is -0.158. The minimum absolute atomic E-state index is 0.0572. The molecule has 8 heteroatoms. The Morgan fingerprint density at radius 1 is 1.20 bits per heavy atom. The van der Waals surface area contributed by atoms with Crippen molar-refractivity contribution in [1.29, 1.82) is 0 Å². The van der Waals surface area contributed by atoms with E-state index < -0.39 is 28.2 Å². The van der Waals surface area contributed by atoms with Gasteiger partial charge in [0.25, 0.3) is 5.91 Å². The van der Waals surface area contributed by atoms with E-state index in [1.165, 1.54) is 4.73 Å². The number of ether oxygens (including phenoxy) is 2. The van der Waals surface area contributed by atoms with Crippen molar-refractivity contribution in [3.05, 3.63) is 35.0 Å². The lowest BCUT2D eigenvalue weighted by Crippen LogP contribution is -2.85. The van der Waals surface area contributed by atoms with Gasteiger partial charge in [-0.25, -0.2) is 0 Å². The van der Waals surface area contributed by atoms with Crippen LogP contribution in [0.1, 0.15) is 69.9 Å². The molecule has 4 fully saturated rings. The number of rotatable bonds is 1. The van der Waals surface area contributed by atoms with E-state index in [2.05, 4.69) is 19.2 Å². The Labute approximate surface area is 203 Å². The number of hydrogen-bond donors (Lipinski definition) is 2. The average molecular weight is 478 g/mol. The highest BCUT2D eigenvalue weighted by atomic mass is 16.5. The molecule has 0 radical (unpaired) electrons. The van der Waals surface area contributed by atoms with Crippen molar-refractivity contribution in [3.8, 4) is 5.75 Å². The van der Waals surface area contributed by atoms with E-state index in [-0.39, 0.29) is 17.7 Å². The Morgan fingerprint density at radius 2 is 1.97 bits per heavy atom. The van der Waals surface area contributed by atoms with Crippen LogP contribution in [0.4, 0.5) is 0 Å². The third-order valence-corrected chi connectivity index (χ3v) is 9.49. The summed E-state index contributed by atoms with van der Waals surface area (Å²) in [5, 5.41) is 15.7. The van der Waals surface area contributed by atoms with E-state index in [4.69, 9.17) is 9.47 Å². The van der Waals surface area contributed by atoms with Crippen LogP contribution in [0, 0.1) is 5.92 Å². The lowest BCUT2D eigenvalue weighted by atomic mass is 9.50. The zero-order chi connectivity index (χ0) is 24.7. The topological polar surface area (TPSA) is 93.0 Å². The van der Waals surface area contributed by atoms with E-state index in [1.807, 2.05) is 43.0 Å². The summed E-state index contributed by atoms with van der Waals surface area (Å²) in [5.74, 6) is 0.333. The summed E-state index contributed by atoms with van der Waals surface area (Å²) in [6.07, 6.45) is 5.30. The number of piperazine rings is 1. The third-order valence-electron chi connectivity index (χ3n) is 9.49. The minimum Gasteiger partial charge on any atom is -0.483 e. The van der Waals surface area contributed by atoms with Gasteiger partial charge >= 0.3 is 0 Å². The number of piperidine rings is 2. The van der Waals surface area contributed by atoms with Crippen LogP contribution in [0.25, 0.3) is 17.0 Å². The molecule has 2 aromatic rings. The summed E-state index contributed by atoms with van der Waals surface area (Å²) in [7, 11) is 1.59. The standard InChI is InChI=1S/C27H31N3O5/c1-24(2)11-9-14-16(35-24)8-7-15-18-20(30(33)19(14)15)25(3,4)17-13-26-10-6-12-29(26)23(32)27(17,21(18)34-5)28-22(26)31/h7-9,11,17,21,33H,6,10,12-13H2,1-5H3,(H,28,31)/t17?,21-,26-,27+/m0/s1. The molecule has 8 rings (SSSR count). The fraction of sp³-hybridized carbons (Fsp3) is 0.556. The number of methoxy groups -OCH3 is 1. The molecule has 1 aromatic carbocycles. The SMILES string of the molecule is CO[C@H]1c2c(n(O)c3c4c(ccc23)OC(C)(C)C=C4)C(C)(C)C2C[C@]34CCCN3C(=O)[C@@]21NC4=O. The van der Waals surface area contributed by atoms with Crippen LogP contribution in [0.15, 0.2) is 18.2 Å². The van der Waals surface area contributed by atoms with Crippen LogP contribution in [0.5, 0.6) is 5.75 Å². The van der Waals surface area contributed by atoms with Gasteiger partial charge in [0.2, 0.25) is 5.91 Å². The second-order valence-electron chi connectivity index (χ2n) is 12.0. The van der Waals surface area contributed by atoms with E-state index in [0.29, 0.717) is 30.7 Å². The number of fused-ring (bicyclic) bond motifs is 6. The Balaban J connectivity index is 1.55. The van der Waals surface area contributed by atoms with Crippen molar-refractivity contribution in [1.82, 2.24) is 14.9 Å². The number of carbonyl (C=O) groups excluding carboxylic acids is 2. The number of benzene rings is 1. The summed E-state index contributed by atoms with van der Waals surface area (Å²) < 4.78 is 13.6. The summed E-state index contributed by atoms with van der Waals surface area (Å²) >= 11 is 0. The number of hydrogen-bond acceptors (Lipinski definition) is 5. The van der Waals surface area contributed by atoms with Gasteiger partial charge in [-0.15, -0.1) is 0 Å². The molecule has 2 spiro atoms. The van der Waals surface area contributed by atoms with Crippen LogP contribution in [-0.2, 0) is 19.7 Å². The first kappa shape index (κ1) is 21.3. The van der Waals surface area contributed by atoms with Crippen LogP contribution >= 0.6 is 0 Å². The predicted molar refractivity (Wildman–Crippen MR) is 128 cm³/mol. The maximum Gasteiger partial charge on any atom is 0.252 e. The molecule has 1 aromatic heterocycles. The van der Waals surface area contributed by atoms with Gasteiger partial charge in [-0.1, -0.05) is 13.8 Å². The smallest absolute Gasteiger partial charge is 0.252 e. The van der Waals surface area contributed by atoms with E-state index in [9.17, 15) is 14.8 Å². The number of amides is 2. The molecule has 2 bridgehead atoms. The maximum absolute atomic E-state index is 14.2. The predicted octanol–water partition coefficient (Wildman–Crippen LogP) is 3.29. The molecular weight excluding hydrogens is 446 g/mol. The van der Waals surface area contributed by atoms with Gasteiger partial charge in [0.1, 0.15) is 23.0 Å². The molecule has 1 unspecified atom stereocenters. The van der Waals surface area contributed by atoms with Gasteiger partial charge in [-0.2, -0.15) is 4.73 Å². The second-order valence-corrected chi connectivity index (χ2v) is 12.0. The Bertz CT molecular complexity index is 1390. The van der Waals surface area contributed by atoms with Crippen molar-refractivity contribution < 1.29 is 24.3 Å². The van der Waals surface area contributed by atoms with Crippen LogP contribution in [0.2, 0.25) is 0 Å². The van der Waals surface area contributed by atoms with Gasteiger partial charge < -0.3 is 24.9 Å². The van der Waals surface area contributed by atoms with Gasteiger partial charge in [0, 0.05) is 41.5 Å². The molecule has 6 heterocycles. The Morgan fingerprint density at radius 3 is 2.71 bits per heavy atom. The van der Waals surface area contributed by atoms with Gasteiger partial charge in [-0.3, -0.25) is 9.59 Å².